The molecular formula is C13H14N2O2S. The van der Waals surface area contributed by atoms with Crippen LogP contribution in [-0.2, 0) is 6.54 Å². The van der Waals surface area contributed by atoms with Crippen LogP contribution in [0.3, 0.4) is 0 Å². The molecule has 0 amide bonds. The Morgan fingerprint density at radius 1 is 1.39 bits per heavy atom. The molecule has 1 aromatic carbocycles. The molecule has 0 saturated carbocycles. The van der Waals surface area contributed by atoms with Crippen molar-refractivity contribution in [1.82, 2.24) is 10.3 Å². The number of aromatic nitrogens is 1. The summed E-state index contributed by atoms with van der Waals surface area (Å²) in [4.78, 5) is 4.25. The summed E-state index contributed by atoms with van der Waals surface area (Å²) in [6.45, 7) is 3.22. The average Bonchev–Trinajstić information content (AvgIpc) is 3.05. The first kappa shape index (κ1) is 11.5. The number of fused-ring (bicyclic) bond motifs is 1. The fourth-order valence-corrected chi connectivity index (χ4v) is 2.44. The number of nitrogens with one attached hydrogen (secondary N) is 1. The molecule has 18 heavy (non-hydrogen) atoms. The lowest BCUT2D eigenvalue weighted by Crippen LogP contribution is -2.18. The van der Waals surface area contributed by atoms with E-state index in [0.29, 0.717) is 6.79 Å². The molecule has 1 aliphatic heterocycles. The van der Waals surface area contributed by atoms with E-state index >= 15 is 0 Å². The molecule has 1 aliphatic rings. The number of hydrogen-bond acceptors (Lipinski definition) is 5. The number of benzene rings is 1. The third kappa shape index (κ3) is 2.32. The van der Waals surface area contributed by atoms with E-state index < -0.39 is 0 Å². The van der Waals surface area contributed by atoms with Gasteiger partial charge in [-0.25, -0.2) is 4.98 Å². The van der Waals surface area contributed by atoms with Gasteiger partial charge < -0.3 is 14.8 Å². The first-order valence-electron chi connectivity index (χ1n) is 5.83. The molecule has 1 aromatic heterocycles. The first-order valence-corrected chi connectivity index (χ1v) is 6.77. The predicted molar refractivity (Wildman–Crippen MR) is 69.9 cm³/mol. The Morgan fingerprint density at radius 3 is 3.11 bits per heavy atom. The lowest BCUT2D eigenvalue weighted by Gasteiger charge is -2.13. The highest BCUT2D eigenvalue weighted by atomic mass is 32.1. The summed E-state index contributed by atoms with van der Waals surface area (Å²) in [5, 5.41) is 5.50. The van der Waals surface area contributed by atoms with Gasteiger partial charge in [-0.15, -0.1) is 11.3 Å². The Labute approximate surface area is 110 Å². The van der Waals surface area contributed by atoms with E-state index in [-0.39, 0.29) is 6.04 Å². The highest BCUT2D eigenvalue weighted by Gasteiger charge is 2.15. The molecule has 0 bridgehead atoms. The molecule has 1 unspecified atom stereocenters. The maximum atomic E-state index is 5.38. The van der Waals surface area contributed by atoms with E-state index in [1.807, 2.05) is 17.6 Å². The molecule has 94 valence electrons. The molecule has 0 radical (unpaired) electrons. The minimum absolute atomic E-state index is 0.251. The van der Waals surface area contributed by atoms with Crippen LogP contribution >= 0.6 is 11.3 Å². The number of ether oxygens (including phenoxy) is 2. The Kier molecular flexibility index (Phi) is 3.17. The maximum absolute atomic E-state index is 5.38. The SMILES string of the molecule is CC(NCc1cscn1)c1ccc2c(c1)OCO2. The first-order chi connectivity index (χ1) is 8.83. The van der Waals surface area contributed by atoms with Crippen LogP contribution in [-0.4, -0.2) is 11.8 Å². The number of rotatable bonds is 4. The third-order valence-electron chi connectivity index (χ3n) is 2.97. The second-order valence-electron chi connectivity index (χ2n) is 4.20. The quantitative estimate of drug-likeness (QED) is 0.920. The zero-order chi connectivity index (χ0) is 12.4. The van der Waals surface area contributed by atoms with Crippen molar-refractivity contribution < 1.29 is 9.47 Å². The molecule has 1 atom stereocenters. The molecule has 0 saturated heterocycles. The van der Waals surface area contributed by atoms with Gasteiger partial charge in [0.15, 0.2) is 11.5 Å². The second-order valence-corrected chi connectivity index (χ2v) is 4.91. The van der Waals surface area contributed by atoms with Gasteiger partial charge >= 0.3 is 0 Å². The van der Waals surface area contributed by atoms with Gasteiger partial charge in [0.1, 0.15) is 0 Å². The van der Waals surface area contributed by atoms with Crippen molar-refractivity contribution in [1.29, 1.82) is 0 Å². The number of hydrogen-bond donors (Lipinski definition) is 1. The number of thiazole rings is 1. The molecule has 4 nitrogen and oxygen atoms in total. The summed E-state index contributed by atoms with van der Waals surface area (Å²) < 4.78 is 10.7. The second kappa shape index (κ2) is 4.96. The average molecular weight is 262 g/mol. The highest BCUT2D eigenvalue weighted by molar-refractivity contribution is 7.07. The summed E-state index contributed by atoms with van der Waals surface area (Å²) in [6.07, 6.45) is 0. The van der Waals surface area contributed by atoms with Crippen LogP contribution in [0.15, 0.2) is 29.1 Å². The van der Waals surface area contributed by atoms with Crippen molar-refractivity contribution in [3.05, 3.63) is 40.3 Å². The van der Waals surface area contributed by atoms with Crippen LogP contribution in [0.25, 0.3) is 0 Å². The van der Waals surface area contributed by atoms with Crippen LogP contribution in [0.5, 0.6) is 11.5 Å². The van der Waals surface area contributed by atoms with Crippen molar-refractivity contribution in [3.63, 3.8) is 0 Å². The standard InChI is InChI=1S/C13H14N2O2S/c1-9(14-5-11-6-18-7-15-11)10-2-3-12-13(4-10)17-8-16-12/h2-4,6-7,9,14H,5,8H2,1H3. The van der Waals surface area contributed by atoms with Crippen molar-refractivity contribution in [2.24, 2.45) is 0 Å². The lowest BCUT2D eigenvalue weighted by atomic mass is 10.1. The largest absolute Gasteiger partial charge is 0.454 e. The molecule has 2 heterocycles. The van der Waals surface area contributed by atoms with E-state index in [9.17, 15) is 0 Å². The minimum atomic E-state index is 0.251. The molecule has 5 heteroatoms. The Bertz CT molecular complexity index is 528. The molecule has 1 N–H and O–H groups in total. The molecule has 0 aliphatic carbocycles. The van der Waals surface area contributed by atoms with Gasteiger partial charge in [-0.05, 0) is 24.6 Å². The topological polar surface area (TPSA) is 43.4 Å². The van der Waals surface area contributed by atoms with Gasteiger partial charge in [0.05, 0.1) is 11.2 Å². The molecule has 0 spiro atoms. The van der Waals surface area contributed by atoms with Crippen molar-refractivity contribution >= 4 is 11.3 Å². The molecule has 0 fully saturated rings. The van der Waals surface area contributed by atoms with Crippen LogP contribution in [0.4, 0.5) is 0 Å². The van der Waals surface area contributed by atoms with E-state index in [1.54, 1.807) is 11.3 Å². The lowest BCUT2D eigenvalue weighted by molar-refractivity contribution is 0.174. The third-order valence-corrected chi connectivity index (χ3v) is 3.60. The van der Waals surface area contributed by atoms with Crippen LogP contribution in [0, 0.1) is 0 Å². The van der Waals surface area contributed by atoms with Gasteiger partial charge in [-0.3, -0.25) is 0 Å². The van der Waals surface area contributed by atoms with Gasteiger partial charge in [-0.2, -0.15) is 0 Å². The summed E-state index contributed by atoms with van der Waals surface area (Å²) in [6, 6.07) is 6.30. The zero-order valence-electron chi connectivity index (χ0n) is 10.1. The fourth-order valence-electron chi connectivity index (χ4n) is 1.88. The van der Waals surface area contributed by atoms with Crippen LogP contribution in [0.1, 0.15) is 24.2 Å². The molecule has 2 aromatic rings. The Morgan fingerprint density at radius 2 is 2.28 bits per heavy atom. The monoisotopic (exact) mass is 262 g/mol. The van der Waals surface area contributed by atoms with Crippen molar-refractivity contribution in [3.8, 4) is 11.5 Å². The fraction of sp³-hybridized carbons (Fsp3) is 0.308. The summed E-state index contributed by atoms with van der Waals surface area (Å²) in [7, 11) is 0. The van der Waals surface area contributed by atoms with Crippen LogP contribution in [0.2, 0.25) is 0 Å². The van der Waals surface area contributed by atoms with Gasteiger partial charge in [0.25, 0.3) is 0 Å². The zero-order valence-corrected chi connectivity index (χ0v) is 10.9. The van der Waals surface area contributed by atoms with E-state index in [1.165, 1.54) is 5.56 Å². The normalized spacial score (nSPS) is 14.7. The van der Waals surface area contributed by atoms with Gasteiger partial charge in [-0.1, -0.05) is 6.07 Å². The summed E-state index contributed by atoms with van der Waals surface area (Å²) in [5.74, 6) is 1.65. The summed E-state index contributed by atoms with van der Waals surface area (Å²) in [5.41, 5.74) is 4.12. The smallest absolute Gasteiger partial charge is 0.231 e. The van der Waals surface area contributed by atoms with Gasteiger partial charge in [0, 0.05) is 18.0 Å². The molecule has 3 rings (SSSR count). The van der Waals surface area contributed by atoms with E-state index in [0.717, 1.165) is 23.7 Å². The van der Waals surface area contributed by atoms with E-state index in [4.69, 9.17) is 9.47 Å². The van der Waals surface area contributed by atoms with E-state index in [2.05, 4.69) is 28.7 Å². The minimum Gasteiger partial charge on any atom is -0.454 e. The van der Waals surface area contributed by atoms with Crippen LogP contribution < -0.4 is 14.8 Å². The Hall–Kier alpha value is -1.59. The Balaban J connectivity index is 1.67. The summed E-state index contributed by atoms with van der Waals surface area (Å²) >= 11 is 1.62. The van der Waals surface area contributed by atoms with Crippen molar-refractivity contribution in [2.75, 3.05) is 6.79 Å². The van der Waals surface area contributed by atoms with Crippen molar-refractivity contribution in [2.45, 2.75) is 19.5 Å². The van der Waals surface area contributed by atoms with Gasteiger partial charge in [0.2, 0.25) is 6.79 Å². The highest BCUT2D eigenvalue weighted by Crippen LogP contribution is 2.34. The molecular weight excluding hydrogens is 248 g/mol. The predicted octanol–water partition coefficient (Wildman–Crippen LogP) is 2.72. The maximum Gasteiger partial charge on any atom is 0.231 e. The number of nitrogens with zero attached hydrogens (tertiary/aromatic N) is 1.